The van der Waals surface area contributed by atoms with Gasteiger partial charge in [0.05, 0.1) is 16.7 Å². The minimum absolute atomic E-state index is 0.119. The van der Waals surface area contributed by atoms with E-state index in [-0.39, 0.29) is 17.2 Å². The molecule has 0 aromatic heterocycles. The van der Waals surface area contributed by atoms with E-state index < -0.39 is 17.9 Å². The molecule has 0 aliphatic carbocycles. The highest BCUT2D eigenvalue weighted by Gasteiger charge is 2.18. The molecule has 0 N–H and O–H groups in total. The van der Waals surface area contributed by atoms with Crippen molar-refractivity contribution < 1.29 is 18.7 Å². The molecule has 0 bridgehead atoms. The van der Waals surface area contributed by atoms with Crippen molar-refractivity contribution >= 4 is 17.6 Å². The zero-order valence-electron chi connectivity index (χ0n) is 12.3. The van der Waals surface area contributed by atoms with Gasteiger partial charge in [-0.2, -0.15) is 5.26 Å². The van der Waals surface area contributed by atoms with Crippen LogP contribution < -0.4 is 4.74 Å². The highest BCUT2D eigenvalue weighted by molar-refractivity contribution is 6.31. The monoisotopic (exact) mass is 333 g/mol. The Morgan fingerprint density at radius 1 is 1.30 bits per heavy atom. The molecule has 2 aromatic rings. The van der Waals surface area contributed by atoms with E-state index in [2.05, 4.69) is 0 Å². The number of rotatable bonds is 5. The van der Waals surface area contributed by atoms with Gasteiger partial charge < -0.3 is 9.47 Å². The lowest BCUT2D eigenvalue weighted by Crippen LogP contribution is -2.26. The fraction of sp³-hybridized carbons (Fsp3) is 0.176. The molecule has 0 radical (unpaired) electrons. The Labute approximate surface area is 138 Å². The maximum absolute atomic E-state index is 13.6. The summed E-state index contributed by atoms with van der Waals surface area (Å²) in [7, 11) is 0. The van der Waals surface area contributed by atoms with E-state index in [1.807, 2.05) is 6.07 Å². The van der Waals surface area contributed by atoms with E-state index in [4.69, 9.17) is 26.3 Å². The van der Waals surface area contributed by atoms with Crippen LogP contribution in [0.1, 0.15) is 18.1 Å². The van der Waals surface area contributed by atoms with Crippen LogP contribution in [0, 0.1) is 17.1 Å². The molecule has 0 unspecified atom stereocenters. The van der Waals surface area contributed by atoms with Crippen molar-refractivity contribution in [2.75, 3.05) is 0 Å². The van der Waals surface area contributed by atoms with E-state index in [1.165, 1.54) is 25.1 Å². The lowest BCUT2D eigenvalue weighted by molar-refractivity contribution is -0.152. The third-order valence-electron chi connectivity index (χ3n) is 3.05. The Kier molecular flexibility index (Phi) is 5.56. The second-order valence-corrected chi connectivity index (χ2v) is 5.11. The van der Waals surface area contributed by atoms with Gasteiger partial charge >= 0.3 is 5.97 Å². The molecule has 0 fully saturated rings. The fourth-order valence-corrected chi connectivity index (χ4v) is 2.01. The van der Waals surface area contributed by atoms with Crippen molar-refractivity contribution in [2.45, 2.75) is 19.6 Å². The molecule has 2 rings (SSSR count). The van der Waals surface area contributed by atoms with Crippen LogP contribution >= 0.6 is 11.6 Å². The van der Waals surface area contributed by atoms with Gasteiger partial charge in [0.1, 0.15) is 18.2 Å². The Bertz CT molecular complexity index is 720. The fourth-order valence-electron chi connectivity index (χ4n) is 1.79. The molecule has 0 spiro atoms. The van der Waals surface area contributed by atoms with Gasteiger partial charge in [-0.3, -0.25) is 0 Å². The predicted molar refractivity (Wildman–Crippen MR) is 82.5 cm³/mol. The summed E-state index contributed by atoms with van der Waals surface area (Å²) in [6, 6.07) is 12.5. The Hall–Kier alpha value is -2.58. The van der Waals surface area contributed by atoms with Crippen LogP contribution in [0.15, 0.2) is 42.5 Å². The quantitative estimate of drug-likeness (QED) is 0.779. The number of nitrogens with zero attached hydrogens (tertiary/aromatic N) is 1. The van der Waals surface area contributed by atoms with Crippen molar-refractivity contribution in [1.82, 2.24) is 0 Å². The van der Waals surface area contributed by atoms with Crippen molar-refractivity contribution in [3.63, 3.8) is 0 Å². The highest BCUT2D eigenvalue weighted by Crippen LogP contribution is 2.20. The maximum atomic E-state index is 13.6. The van der Waals surface area contributed by atoms with Crippen LogP contribution in [0.4, 0.5) is 4.39 Å². The van der Waals surface area contributed by atoms with Crippen LogP contribution in [-0.4, -0.2) is 12.1 Å². The Morgan fingerprint density at radius 2 is 2.00 bits per heavy atom. The largest absolute Gasteiger partial charge is 0.479 e. The van der Waals surface area contributed by atoms with Crippen molar-refractivity contribution in [1.29, 1.82) is 5.26 Å². The van der Waals surface area contributed by atoms with Gasteiger partial charge in [0.2, 0.25) is 0 Å². The Morgan fingerprint density at radius 3 is 2.61 bits per heavy atom. The van der Waals surface area contributed by atoms with Crippen LogP contribution in [0.5, 0.6) is 5.75 Å². The van der Waals surface area contributed by atoms with Gasteiger partial charge in [-0.25, -0.2) is 9.18 Å². The lowest BCUT2D eigenvalue weighted by Gasteiger charge is -2.14. The summed E-state index contributed by atoms with van der Waals surface area (Å²) in [6.07, 6.45) is -0.881. The Balaban J connectivity index is 1.93. The number of hydrogen-bond acceptors (Lipinski definition) is 4. The summed E-state index contributed by atoms with van der Waals surface area (Å²) < 4.78 is 24.0. The molecule has 0 aliphatic rings. The molecule has 0 amide bonds. The second kappa shape index (κ2) is 7.61. The van der Waals surface area contributed by atoms with Gasteiger partial charge in [-0.15, -0.1) is 0 Å². The lowest BCUT2D eigenvalue weighted by atomic mass is 10.2. The summed E-state index contributed by atoms with van der Waals surface area (Å²) in [5.41, 5.74) is 0.606. The first-order valence-corrected chi connectivity index (χ1v) is 7.15. The van der Waals surface area contributed by atoms with Crippen molar-refractivity contribution in [2.24, 2.45) is 0 Å². The van der Waals surface area contributed by atoms with Crippen LogP contribution in [0.2, 0.25) is 5.02 Å². The molecule has 0 heterocycles. The van der Waals surface area contributed by atoms with Gasteiger partial charge in [-0.05, 0) is 43.3 Å². The van der Waals surface area contributed by atoms with E-state index in [0.717, 1.165) is 0 Å². The SMILES string of the molecule is C[C@H](Oc1ccc(C#N)cc1)C(=O)OCc1c(F)cccc1Cl. The van der Waals surface area contributed by atoms with E-state index in [9.17, 15) is 9.18 Å². The number of halogens is 2. The molecular weight excluding hydrogens is 321 g/mol. The number of esters is 1. The number of carbonyl (C=O) groups excluding carboxylic acids is 1. The summed E-state index contributed by atoms with van der Waals surface area (Å²) in [6.45, 7) is 1.24. The first-order valence-electron chi connectivity index (χ1n) is 6.77. The summed E-state index contributed by atoms with van der Waals surface area (Å²) >= 11 is 5.86. The van der Waals surface area contributed by atoms with Crippen LogP contribution in [0.25, 0.3) is 0 Å². The van der Waals surface area contributed by atoms with E-state index in [1.54, 1.807) is 24.3 Å². The van der Waals surface area contributed by atoms with Crippen LogP contribution in [0.3, 0.4) is 0 Å². The molecule has 6 heteroatoms. The van der Waals surface area contributed by atoms with Gasteiger partial charge in [-0.1, -0.05) is 17.7 Å². The molecule has 2 aromatic carbocycles. The molecule has 0 saturated carbocycles. The minimum atomic E-state index is -0.881. The molecule has 0 saturated heterocycles. The number of nitriles is 1. The average Bonchev–Trinajstić information content (AvgIpc) is 2.54. The number of carbonyl (C=O) groups is 1. The van der Waals surface area contributed by atoms with Crippen molar-refractivity contribution in [3.05, 3.63) is 64.4 Å². The zero-order valence-corrected chi connectivity index (χ0v) is 13.0. The van der Waals surface area contributed by atoms with Gasteiger partial charge in [0, 0.05) is 5.56 Å². The minimum Gasteiger partial charge on any atom is -0.479 e. The van der Waals surface area contributed by atoms with E-state index >= 15 is 0 Å². The zero-order chi connectivity index (χ0) is 16.8. The second-order valence-electron chi connectivity index (χ2n) is 4.70. The average molecular weight is 334 g/mol. The first kappa shape index (κ1) is 16.8. The van der Waals surface area contributed by atoms with E-state index in [0.29, 0.717) is 11.3 Å². The molecule has 0 aliphatic heterocycles. The third kappa shape index (κ3) is 4.44. The van der Waals surface area contributed by atoms with Gasteiger partial charge in [0.15, 0.2) is 6.10 Å². The third-order valence-corrected chi connectivity index (χ3v) is 3.40. The molecule has 118 valence electrons. The number of ether oxygens (including phenoxy) is 2. The topological polar surface area (TPSA) is 59.3 Å². The normalized spacial score (nSPS) is 11.4. The van der Waals surface area contributed by atoms with Crippen LogP contribution in [-0.2, 0) is 16.1 Å². The predicted octanol–water partition coefficient (Wildman–Crippen LogP) is 3.86. The smallest absolute Gasteiger partial charge is 0.347 e. The first-order chi connectivity index (χ1) is 11.0. The molecular formula is C17H13ClFNO3. The molecule has 4 nitrogen and oxygen atoms in total. The number of benzene rings is 2. The summed E-state index contributed by atoms with van der Waals surface area (Å²) in [4.78, 5) is 11.9. The number of hydrogen-bond donors (Lipinski definition) is 0. The standard InChI is InChI=1S/C17H13ClFNO3/c1-11(23-13-7-5-12(9-20)6-8-13)17(21)22-10-14-15(18)3-2-4-16(14)19/h2-8,11H,10H2,1H3/t11-/m0/s1. The summed E-state index contributed by atoms with van der Waals surface area (Å²) in [5, 5.41) is 8.91. The van der Waals surface area contributed by atoms with Gasteiger partial charge in [0.25, 0.3) is 0 Å². The summed E-state index contributed by atoms with van der Waals surface area (Å²) in [5.74, 6) is -0.753. The van der Waals surface area contributed by atoms with Crippen molar-refractivity contribution in [3.8, 4) is 11.8 Å². The maximum Gasteiger partial charge on any atom is 0.347 e. The highest BCUT2D eigenvalue weighted by atomic mass is 35.5. The molecule has 23 heavy (non-hydrogen) atoms. The molecule has 1 atom stereocenters.